The van der Waals surface area contributed by atoms with Crippen molar-refractivity contribution in [1.82, 2.24) is 0 Å². The Morgan fingerprint density at radius 1 is 0.947 bits per heavy atom. The quantitative estimate of drug-likeness (QED) is 0.766. The van der Waals surface area contributed by atoms with Crippen molar-refractivity contribution in [3.8, 4) is 0 Å². The SMILES string of the molecule is FC(F)(F)c1ccccc1Nc1ccc(CCl)cc1. The summed E-state index contributed by atoms with van der Waals surface area (Å²) in [6.07, 6.45) is -4.38. The van der Waals surface area contributed by atoms with Gasteiger partial charge in [-0.05, 0) is 29.8 Å². The molecule has 0 atom stereocenters. The second kappa shape index (κ2) is 5.53. The van der Waals surface area contributed by atoms with Crippen LogP contribution in [0.5, 0.6) is 0 Å². The van der Waals surface area contributed by atoms with Crippen molar-refractivity contribution in [3.05, 3.63) is 59.7 Å². The molecule has 0 heterocycles. The van der Waals surface area contributed by atoms with Gasteiger partial charge in [0, 0.05) is 11.6 Å². The van der Waals surface area contributed by atoms with Gasteiger partial charge >= 0.3 is 6.18 Å². The molecule has 1 nitrogen and oxygen atoms in total. The summed E-state index contributed by atoms with van der Waals surface area (Å²) < 4.78 is 38.4. The molecule has 0 saturated carbocycles. The number of alkyl halides is 4. The van der Waals surface area contributed by atoms with Crippen molar-refractivity contribution in [1.29, 1.82) is 0 Å². The van der Waals surface area contributed by atoms with E-state index < -0.39 is 11.7 Å². The summed E-state index contributed by atoms with van der Waals surface area (Å²) in [4.78, 5) is 0. The van der Waals surface area contributed by atoms with Gasteiger partial charge in [0.1, 0.15) is 0 Å². The van der Waals surface area contributed by atoms with E-state index in [-0.39, 0.29) is 5.69 Å². The third-order valence-electron chi connectivity index (χ3n) is 2.62. The molecular formula is C14H11ClF3N. The van der Waals surface area contributed by atoms with E-state index in [0.717, 1.165) is 11.6 Å². The highest BCUT2D eigenvalue weighted by Gasteiger charge is 2.33. The smallest absolute Gasteiger partial charge is 0.355 e. The van der Waals surface area contributed by atoms with Crippen LogP contribution < -0.4 is 5.32 Å². The van der Waals surface area contributed by atoms with Gasteiger partial charge in [-0.1, -0.05) is 24.3 Å². The first-order chi connectivity index (χ1) is 9.00. The first-order valence-corrected chi connectivity index (χ1v) is 6.12. The van der Waals surface area contributed by atoms with Crippen molar-refractivity contribution in [2.24, 2.45) is 0 Å². The molecule has 0 saturated heterocycles. The zero-order chi connectivity index (χ0) is 13.9. The molecule has 0 radical (unpaired) electrons. The van der Waals surface area contributed by atoms with Gasteiger partial charge in [0.15, 0.2) is 0 Å². The molecule has 100 valence electrons. The molecule has 2 aromatic carbocycles. The van der Waals surface area contributed by atoms with Gasteiger partial charge in [0.2, 0.25) is 0 Å². The molecule has 2 rings (SSSR count). The summed E-state index contributed by atoms with van der Waals surface area (Å²) in [7, 11) is 0. The second-order valence-corrected chi connectivity index (χ2v) is 4.27. The van der Waals surface area contributed by atoms with Gasteiger partial charge < -0.3 is 5.32 Å². The minimum Gasteiger partial charge on any atom is -0.355 e. The molecule has 0 unspecified atom stereocenters. The predicted octanol–water partition coefficient (Wildman–Crippen LogP) is 5.19. The predicted molar refractivity (Wildman–Crippen MR) is 70.7 cm³/mol. The second-order valence-electron chi connectivity index (χ2n) is 4.00. The lowest BCUT2D eigenvalue weighted by Crippen LogP contribution is -2.08. The summed E-state index contributed by atoms with van der Waals surface area (Å²) in [6, 6.07) is 12.3. The van der Waals surface area contributed by atoms with Gasteiger partial charge in [0.05, 0.1) is 11.3 Å². The lowest BCUT2D eigenvalue weighted by Gasteiger charge is -2.14. The van der Waals surface area contributed by atoms with Crippen LogP contribution in [0.4, 0.5) is 24.5 Å². The normalized spacial score (nSPS) is 11.4. The summed E-state index contributed by atoms with van der Waals surface area (Å²) >= 11 is 5.66. The maximum Gasteiger partial charge on any atom is 0.418 e. The third-order valence-corrected chi connectivity index (χ3v) is 2.93. The van der Waals surface area contributed by atoms with Crippen LogP contribution in [0.15, 0.2) is 48.5 Å². The molecule has 0 spiro atoms. The van der Waals surface area contributed by atoms with Crippen LogP contribution in [-0.2, 0) is 12.1 Å². The molecular weight excluding hydrogens is 275 g/mol. The largest absolute Gasteiger partial charge is 0.418 e. The number of benzene rings is 2. The van der Waals surface area contributed by atoms with E-state index in [9.17, 15) is 13.2 Å². The molecule has 0 aliphatic heterocycles. The number of para-hydroxylation sites is 1. The van der Waals surface area contributed by atoms with Crippen molar-refractivity contribution < 1.29 is 13.2 Å². The van der Waals surface area contributed by atoms with E-state index in [1.165, 1.54) is 12.1 Å². The van der Waals surface area contributed by atoms with Crippen LogP contribution in [0.3, 0.4) is 0 Å². The summed E-state index contributed by atoms with van der Waals surface area (Å²) in [5, 5.41) is 2.77. The lowest BCUT2D eigenvalue weighted by atomic mass is 10.1. The minimum absolute atomic E-state index is 0.0358. The highest BCUT2D eigenvalue weighted by molar-refractivity contribution is 6.17. The molecule has 0 aromatic heterocycles. The Kier molecular flexibility index (Phi) is 4.00. The number of anilines is 2. The average Bonchev–Trinajstić information content (AvgIpc) is 2.39. The van der Waals surface area contributed by atoms with Crippen LogP contribution in [-0.4, -0.2) is 0 Å². The lowest BCUT2D eigenvalue weighted by molar-refractivity contribution is -0.136. The van der Waals surface area contributed by atoms with Crippen molar-refractivity contribution in [2.75, 3.05) is 5.32 Å². The monoisotopic (exact) mass is 285 g/mol. The molecule has 19 heavy (non-hydrogen) atoms. The van der Waals surface area contributed by atoms with Gasteiger partial charge in [-0.25, -0.2) is 0 Å². The van der Waals surface area contributed by atoms with Crippen molar-refractivity contribution >= 4 is 23.0 Å². The molecule has 0 bridgehead atoms. The fourth-order valence-corrected chi connectivity index (χ4v) is 1.85. The Labute approximate surface area is 114 Å². The minimum atomic E-state index is -4.38. The maximum atomic E-state index is 12.8. The van der Waals surface area contributed by atoms with Crippen molar-refractivity contribution in [2.45, 2.75) is 12.1 Å². The fourth-order valence-electron chi connectivity index (χ4n) is 1.67. The van der Waals surface area contributed by atoms with E-state index in [4.69, 9.17) is 11.6 Å². The molecule has 0 fully saturated rings. The molecule has 1 N–H and O–H groups in total. The van der Waals surface area contributed by atoms with E-state index >= 15 is 0 Å². The zero-order valence-electron chi connectivity index (χ0n) is 9.84. The van der Waals surface area contributed by atoms with Gasteiger partial charge in [-0.3, -0.25) is 0 Å². The molecule has 2 aromatic rings. The Morgan fingerprint density at radius 3 is 2.16 bits per heavy atom. The van der Waals surface area contributed by atoms with Crippen LogP contribution >= 0.6 is 11.6 Å². The number of hydrogen-bond acceptors (Lipinski definition) is 1. The van der Waals surface area contributed by atoms with Crippen molar-refractivity contribution in [3.63, 3.8) is 0 Å². The first-order valence-electron chi connectivity index (χ1n) is 5.59. The third kappa shape index (κ3) is 3.41. The summed E-state index contributed by atoms with van der Waals surface area (Å²) in [5.74, 6) is 0.374. The fraction of sp³-hybridized carbons (Fsp3) is 0.143. The highest BCUT2D eigenvalue weighted by Crippen LogP contribution is 2.35. The number of halogens is 4. The highest BCUT2D eigenvalue weighted by atomic mass is 35.5. The first kappa shape index (κ1) is 13.7. The summed E-state index contributed by atoms with van der Waals surface area (Å²) in [5.41, 5.74) is 0.854. The maximum absolute atomic E-state index is 12.8. The van der Waals surface area contributed by atoms with E-state index in [1.54, 1.807) is 30.3 Å². The zero-order valence-corrected chi connectivity index (χ0v) is 10.6. The molecule has 0 amide bonds. The Morgan fingerprint density at radius 2 is 1.58 bits per heavy atom. The van der Waals surface area contributed by atoms with Crippen LogP contribution in [0.2, 0.25) is 0 Å². The summed E-state index contributed by atoms with van der Waals surface area (Å²) in [6.45, 7) is 0. The molecule has 0 aliphatic rings. The Balaban J connectivity index is 2.28. The van der Waals surface area contributed by atoms with Gasteiger partial charge in [0.25, 0.3) is 0 Å². The van der Waals surface area contributed by atoms with Crippen LogP contribution in [0.25, 0.3) is 0 Å². The average molecular weight is 286 g/mol. The van der Waals surface area contributed by atoms with E-state index in [2.05, 4.69) is 5.32 Å². The number of nitrogens with one attached hydrogen (secondary N) is 1. The standard InChI is InChI=1S/C14H11ClF3N/c15-9-10-5-7-11(8-6-10)19-13-4-2-1-3-12(13)14(16,17)18/h1-8,19H,9H2. The van der Waals surface area contributed by atoms with Gasteiger partial charge in [-0.2, -0.15) is 13.2 Å². The number of rotatable bonds is 3. The molecule has 5 heteroatoms. The van der Waals surface area contributed by atoms with Crippen LogP contribution in [0, 0.1) is 0 Å². The number of hydrogen-bond donors (Lipinski definition) is 1. The van der Waals surface area contributed by atoms with Gasteiger partial charge in [-0.15, -0.1) is 11.6 Å². The van der Waals surface area contributed by atoms with Crippen LogP contribution in [0.1, 0.15) is 11.1 Å². The van der Waals surface area contributed by atoms with E-state index in [1.807, 2.05) is 0 Å². The Bertz CT molecular complexity index is 549. The Hall–Kier alpha value is -1.68. The topological polar surface area (TPSA) is 12.0 Å². The van der Waals surface area contributed by atoms with E-state index in [0.29, 0.717) is 11.6 Å². The molecule has 0 aliphatic carbocycles.